The molecule has 0 spiro atoms. The van der Waals surface area contributed by atoms with Gasteiger partial charge in [0.2, 0.25) is 0 Å². The number of carbonyl (C=O) groups excluding carboxylic acids is 1. The normalized spacial score (nSPS) is 16.9. The Morgan fingerprint density at radius 1 is 0.952 bits per heavy atom. The number of hydrogen-bond donors (Lipinski definition) is 1. The Hall–Kier alpha value is -3.96. The molecule has 4 aromatic carbocycles. The fourth-order valence-corrected chi connectivity index (χ4v) is 5.39. The average Bonchev–Trinajstić information content (AvgIpc) is 3.36. The molecule has 1 N–H and O–H groups in total. The Balaban J connectivity index is 1.66. The Morgan fingerprint density at radius 2 is 1.60 bits per heavy atom. The number of rotatable bonds is 6. The van der Waals surface area contributed by atoms with Crippen LogP contribution in [0.25, 0.3) is 0 Å². The van der Waals surface area contributed by atoms with Gasteiger partial charge in [0.1, 0.15) is 5.75 Å². The van der Waals surface area contributed by atoms with E-state index in [4.69, 9.17) is 11.6 Å². The first-order valence-electron chi connectivity index (χ1n) is 12.4. The molecule has 0 saturated heterocycles. The van der Waals surface area contributed by atoms with Crippen molar-refractivity contribution in [1.82, 2.24) is 5.01 Å². The summed E-state index contributed by atoms with van der Waals surface area (Å²) in [6.07, 6.45) is -4.68. The molecule has 1 atom stereocenters. The van der Waals surface area contributed by atoms with Crippen LogP contribution in [-0.4, -0.2) is 29.9 Å². The van der Waals surface area contributed by atoms with Crippen LogP contribution in [0.4, 0.5) is 32.4 Å². The first-order chi connectivity index (χ1) is 20.0. The molecule has 5 nitrogen and oxygen atoms in total. The predicted octanol–water partition coefficient (Wildman–Crippen LogP) is 8.96. The van der Waals surface area contributed by atoms with Crippen molar-refractivity contribution in [3.63, 3.8) is 0 Å². The molecule has 0 bridgehead atoms. The van der Waals surface area contributed by atoms with Crippen molar-refractivity contribution in [3.05, 3.63) is 129 Å². The third-order valence-corrected chi connectivity index (χ3v) is 7.57. The van der Waals surface area contributed by atoms with Gasteiger partial charge in [0.25, 0.3) is 0 Å². The summed E-state index contributed by atoms with van der Waals surface area (Å²) in [4.78, 5) is 13.5. The first-order valence-corrected chi connectivity index (χ1v) is 13.6. The van der Waals surface area contributed by atoms with Crippen molar-refractivity contribution in [1.29, 1.82) is 0 Å². The Kier molecular flexibility index (Phi) is 8.25. The van der Waals surface area contributed by atoms with Gasteiger partial charge in [-0.05, 0) is 59.7 Å². The largest absolute Gasteiger partial charge is 0.435 e. The van der Waals surface area contributed by atoms with Crippen molar-refractivity contribution in [2.45, 2.75) is 18.2 Å². The smallest absolute Gasteiger partial charge is 0.417 e. The topological polar surface area (TPSA) is 53.9 Å². The molecule has 1 aliphatic heterocycles. The van der Waals surface area contributed by atoms with Crippen LogP contribution in [0, 0.1) is 0 Å². The third-order valence-electron chi connectivity index (χ3n) is 6.73. The van der Waals surface area contributed by atoms with Gasteiger partial charge in [0, 0.05) is 15.7 Å². The molecule has 0 radical (unpaired) electrons. The minimum absolute atomic E-state index is 0.0671. The van der Waals surface area contributed by atoms with Gasteiger partial charge in [0.15, 0.2) is 0 Å². The zero-order valence-corrected chi connectivity index (χ0v) is 23.7. The predicted molar refractivity (Wildman–Crippen MR) is 153 cm³/mol. The van der Waals surface area contributed by atoms with Crippen molar-refractivity contribution < 1.29 is 31.5 Å². The maximum atomic E-state index is 13.5. The summed E-state index contributed by atoms with van der Waals surface area (Å²) in [5, 5.41) is 8.04. The number of amides is 2. The van der Waals surface area contributed by atoms with E-state index in [0.717, 1.165) is 16.6 Å². The van der Waals surface area contributed by atoms with E-state index in [-0.39, 0.29) is 23.6 Å². The lowest BCUT2D eigenvalue weighted by atomic mass is 9.69. The molecule has 1 aliphatic rings. The fourth-order valence-electron chi connectivity index (χ4n) is 4.84. The molecule has 12 heteroatoms. The highest BCUT2D eigenvalue weighted by atomic mass is 79.9. The highest BCUT2D eigenvalue weighted by Crippen LogP contribution is 2.43. The van der Waals surface area contributed by atoms with E-state index in [1.165, 1.54) is 23.2 Å². The Morgan fingerprint density at radius 3 is 2.19 bits per heavy atom. The zero-order valence-electron chi connectivity index (χ0n) is 21.4. The first kappa shape index (κ1) is 29.5. The van der Waals surface area contributed by atoms with E-state index in [1.54, 1.807) is 66.7 Å². The van der Waals surface area contributed by atoms with Gasteiger partial charge >= 0.3 is 18.8 Å². The average molecular weight is 665 g/mol. The molecule has 0 aromatic heterocycles. The van der Waals surface area contributed by atoms with Crippen LogP contribution in [-0.2, 0) is 11.6 Å². The number of benzene rings is 4. The summed E-state index contributed by atoms with van der Waals surface area (Å²) in [6.45, 7) is -3.10. The number of hydrazone groups is 1. The van der Waals surface area contributed by atoms with Crippen LogP contribution in [0.15, 0.2) is 107 Å². The molecule has 4 aromatic rings. The molecule has 1 heterocycles. The van der Waals surface area contributed by atoms with Gasteiger partial charge < -0.3 is 10.1 Å². The van der Waals surface area contributed by atoms with Crippen molar-refractivity contribution >= 4 is 45.0 Å². The van der Waals surface area contributed by atoms with E-state index in [0.29, 0.717) is 16.8 Å². The maximum absolute atomic E-state index is 13.5. The zero-order chi connectivity index (χ0) is 30.1. The standard InChI is InChI=1S/C30H20BrClF5N3O2/c31-21-9-11-22(12-10-21)38-28(41)40-17-29(19-4-2-1-3-5-19,20-7-13-23(14-8-20)42-27(33)34)26(39-40)18-6-15-24(25(32)16-18)30(35,36)37/h1-16,27H,17H2,(H,38,41). The third kappa shape index (κ3) is 5.98. The molecule has 0 saturated carbocycles. The number of nitrogens with one attached hydrogen (secondary N) is 1. The molecule has 0 aliphatic carbocycles. The number of nitrogens with zero attached hydrogens (tertiary/aromatic N) is 2. The quantitative estimate of drug-likeness (QED) is 0.209. The lowest BCUT2D eigenvalue weighted by Crippen LogP contribution is -2.42. The lowest BCUT2D eigenvalue weighted by Gasteiger charge is -2.32. The van der Waals surface area contributed by atoms with Crippen LogP contribution >= 0.6 is 27.5 Å². The van der Waals surface area contributed by atoms with Crippen molar-refractivity contribution in [2.75, 3.05) is 11.9 Å². The van der Waals surface area contributed by atoms with Crippen molar-refractivity contribution in [3.8, 4) is 5.75 Å². The van der Waals surface area contributed by atoms with E-state index in [9.17, 15) is 26.7 Å². The number of urea groups is 1. The summed E-state index contributed by atoms with van der Waals surface area (Å²) in [5.41, 5.74) is -0.102. The number of anilines is 1. The summed E-state index contributed by atoms with van der Waals surface area (Å²) in [6, 6.07) is 24.3. The lowest BCUT2D eigenvalue weighted by molar-refractivity contribution is -0.137. The van der Waals surface area contributed by atoms with Gasteiger partial charge in [0.05, 0.1) is 28.3 Å². The molecular formula is C30H20BrClF5N3O2. The van der Waals surface area contributed by atoms with E-state index >= 15 is 0 Å². The molecule has 42 heavy (non-hydrogen) atoms. The highest BCUT2D eigenvalue weighted by Gasteiger charge is 2.48. The second-order valence-corrected chi connectivity index (χ2v) is 10.6. The number of ether oxygens (including phenoxy) is 1. The minimum atomic E-state index is -4.68. The number of halogens is 7. The van der Waals surface area contributed by atoms with Gasteiger partial charge in [-0.2, -0.15) is 27.1 Å². The summed E-state index contributed by atoms with van der Waals surface area (Å²) in [7, 11) is 0. The molecule has 216 valence electrons. The SMILES string of the molecule is O=C(Nc1ccc(Br)cc1)N1CC(c2ccccc2)(c2ccc(OC(F)F)cc2)C(c2ccc(C(F)(F)F)c(Cl)c2)=N1. The van der Waals surface area contributed by atoms with Crippen LogP contribution in [0.2, 0.25) is 5.02 Å². The summed E-state index contributed by atoms with van der Waals surface area (Å²) >= 11 is 9.45. The van der Waals surface area contributed by atoms with E-state index < -0.39 is 34.8 Å². The molecular weight excluding hydrogens is 645 g/mol. The van der Waals surface area contributed by atoms with E-state index in [1.807, 2.05) is 0 Å². The van der Waals surface area contributed by atoms with E-state index in [2.05, 4.69) is 31.1 Å². The second-order valence-electron chi connectivity index (χ2n) is 9.31. The van der Waals surface area contributed by atoms with Gasteiger partial charge in [-0.3, -0.25) is 0 Å². The Labute approximate surface area is 250 Å². The van der Waals surface area contributed by atoms with Gasteiger partial charge in [-0.1, -0.05) is 76.1 Å². The number of carbonyl (C=O) groups is 1. The molecule has 0 fully saturated rings. The monoisotopic (exact) mass is 663 g/mol. The highest BCUT2D eigenvalue weighted by molar-refractivity contribution is 9.10. The fraction of sp³-hybridized carbons (Fsp3) is 0.133. The van der Waals surface area contributed by atoms with Gasteiger partial charge in [-0.15, -0.1) is 0 Å². The second kappa shape index (κ2) is 11.7. The van der Waals surface area contributed by atoms with Gasteiger partial charge in [-0.25, -0.2) is 9.80 Å². The van der Waals surface area contributed by atoms with Crippen LogP contribution in [0.1, 0.15) is 22.3 Å². The number of hydrogen-bond acceptors (Lipinski definition) is 3. The van der Waals surface area contributed by atoms with Crippen molar-refractivity contribution in [2.24, 2.45) is 5.10 Å². The van der Waals surface area contributed by atoms with Crippen LogP contribution in [0.5, 0.6) is 5.75 Å². The minimum Gasteiger partial charge on any atom is -0.435 e. The maximum Gasteiger partial charge on any atom is 0.417 e. The summed E-state index contributed by atoms with van der Waals surface area (Å²) < 4.78 is 71.6. The molecule has 2 amide bonds. The molecule has 1 unspecified atom stereocenters. The van der Waals surface area contributed by atoms with Crippen LogP contribution < -0.4 is 10.1 Å². The van der Waals surface area contributed by atoms with Crippen LogP contribution in [0.3, 0.4) is 0 Å². The summed E-state index contributed by atoms with van der Waals surface area (Å²) in [5.74, 6) is -0.0872. The molecule has 5 rings (SSSR count). The number of alkyl halides is 5. The Bertz CT molecular complexity index is 1620.